The Bertz CT molecular complexity index is 608. The molecule has 2 rings (SSSR count). The molecular weight excluding hydrogens is 293 g/mol. The SMILES string of the molecule is CN(CC1CCCC1O)C(=O)c1cc(F)cc([N+](=O)[O-])c1N. The van der Waals surface area contributed by atoms with Crippen molar-refractivity contribution in [2.24, 2.45) is 5.92 Å². The standard InChI is InChI=1S/C14H18FN3O4/c1-17(7-8-3-2-4-12(8)19)14(20)10-5-9(15)6-11(13(10)16)18(21)22/h5-6,8,12,19H,2-4,7,16H2,1H3. The van der Waals surface area contributed by atoms with E-state index >= 15 is 0 Å². The van der Waals surface area contributed by atoms with Gasteiger partial charge in [-0.05, 0) is 18.9 Å². The number of aliphatic hydroxyl groups is 1. The van der Waals surface area contributed by atoms with Gasteiger partial charge in [0, 0.05) is 19.5 Å². The number of carbonyl (C=O) groups is 1. The maximum atomic E-state index is 13.5. The smallest absolute Gasteiger partial charge is 0.295 e. The van der Waals surface area contributed by atoms with Gasteiger partial charge < -0.3 is 15.7 Å². The second-order valence-corrected chi connectivity index (χ2v) is 5.59. The Balaban J connectivity index is 2.23. The van der Waals surface area contributed by atoms with Gasteiger partial charge in [-0.1, -0.05) is 6.42 Å². The third-order valence-electron chi connectivity index (χ3n) is 4.02. The van der Waals surface area contributed by atoms with E-state index < -0.39 is 28.4 Å². The van der Waals surface area contributed by atoms with E-state index in [1.165, 1.54) is 11.9 Å². The molecule has 1 aliphatic carbocycles. The van der Waals surface area contributed by atoms with Crippen LogP contribution in [0.2, 0.25) is 0 Å². The monoisotopic (exact) mass is 311 g/mol. The molecule has 0 radical (unpaired) electrons. The molecule has 3 N–H and O–H groups in total. The number of anilines is 1. The van der Waals surface area contributed by atoms with Crippen molar-refractivity contribution in [3.8, 4) is 0 Å². The molecular formula is C14H18FN3O4. The summed E-state index contributed by atoms with van der Waals surface area (Å²) in [5, 5.41) is 20.6. The van der Waals surface area contributed by atoms with Gasteiger partial charge >= 0.3 is 0 Å². The summed E-state index contributed by atoms with van der Waals surface area (Å²) in [6, 6.07) is 1.58. The molecule has 0 saturated heterocycles. The molecule has 2 atom stereocenters. The molecule has 8 heteroatoms. The number of nitrogen functional groups attached to an aromatic ring is 1. The number of nitro benzene ring substituents is 1. The first-order chi connectivity index (χ1) is 10.3. The number of nitrogens with two attached hydrogens (primary N) is 1. The van der Waals surface area contributed by atoms with Crippen molar-refractivity contribution in [3.63, 3.8) is 0 Å². The van der Waals surface area contributed by atoms with Gasteiger partial charge in [0.25, 0.3) is 11.6 Å². The van der Waals surface area contributed by atoms with Crippen LogP contribution in [0.25, 0.3) is 0 Å². The predicted molar refractivity (Wildman–Crippen MR) is 77.8 cm³/mol. The Morgan fingerprint density at radius 2 is 2.23 bits per heavy atom. The van der Waals surface area contributed by atoms with Crippen LogP contribution < -0.4 is 5.73 Å². The number of rotatable bonds is 4. The zero-order valence-electron chi connectivity index (χ0n) is 12.2. The fourth-order valence-corrected chi connectivity index (χ4v) is 2.80. The quantitative estimate of drug-likeness (QED) is 0.498. The summed E-state index contributed by atoms with van der Waals surface area (Å²) in [6.07, 6.45) is 1.92. The number of carbonyl (C=O) groups excluding carboxylic acids is 1. The third-order valence-corrected chi connectivity index (χ3v) is 4.02. The van der Waals surface area contributed by atoms with Gasteiger partial charge in [0.15, 0.2) is 0 Å². The molecule has 2 unspecified atom stereocenters. The fourth-order valence-electron chi connectivity index (χ4n) is 2.80. The van der Waals surface area contributed by atoms with Gasteiger partial charge in [-0.2, -0.15) is 0 Å². The number of nitrogens with zero attached hydrogens (tertiary/aromatic N) is 2. The van der Waals surface area contributed by atoms with Gasteiger partial charge in [-0.3, -0.25) is 14.9 Å². The lowest BCUT2D eigenvalue weighted by atomic mass is 10.0. The molecule has 22 heavy (non-hydrogen) atoms. The lowest BCUT2D eigenvalue weighted by molar-refractivity contribution is -0.384. The highest BCUT2D eigenvalue weighted by Gasteiger charge is 2.29. The highest BCUT2D eigenvalue weighted by atomic mass is 19.1. The molecule has 1 aromatic rings. The summed E-state index contributed by atoms with van der Waals surface area (Å²) in [7, 11) is 1.50. The molecule has 0 heterocycles. The Kier molecular flexibility index (Phi) is 4.60. The molecule has 1 fully saturated rings. The van der Waals surface area contributed by atoms with Crippen LogP contribution in [0.15, 0.2) is 12.1 Å². The van der Waals surface area contributed by atoms with Crippen LogP contribution in [-0.2, 0) is 0 Å². The van der Waals surface area contributed by atoms with E-state index in [-0.39, 0.29) is 17.2 Å². The molecule has 0 aliphatic heterocycles. The minimum absolute atomic E-state index is 0.0429. The summed E-state index contributed by atoms with van der Waals surface area (Å²) in [4.78, 5) is 23.7. The number of benzene rings is 1. The molecule has 7 nitrogen and oxygen atoms in total. The molecule has 0 spiro atoms. The summed E-state index contributed by atoms with van der Waals surface area (Å²) < 4.78 is 13.5. The van der Waals surface area contributed by atoms with Crippen LogP contribution >= 0.6 is 0 Å². The molecule has 120 valence electrons. The average molecular weight is 311 g/mol. The van der Waals surface area contributed by atoms with E-state index in [4.69, 9.17) is 5.73 Å². The number of aliphatic hydroxyl groups excluding tert-OH is 1. The number of nitro groups is 1. The van der Waals surface area contributed by atoms with Crippen molar-refractivity contribution in [3.05, 3.63) is 33.6 Å². The summed E-state index contributed by atoms with van der Waals surface area (Å²) in [5.41, 5.74) is 4.41. The van der Waals surface area contributed by atoms with E-state index in [1.807, 2.05) is 0 Å². The third kappa shape index (κ3) is 3.16. The van der Waals surface area contributed by atoms with Gasteiger partial charge in [-0.15, -0.1) is 0 Å². The number of halogens is 1. The summed E-state index contributed by atoms with van der Waals surface area (Å²) in [5.74, 6) is -1.53. The molecule has 1 aliphatic rings. The first kappa shape index (κ1) is 16.2. The van der Waals surface area contributed by atoms with Crippen molar-refractivity contribution in [2.45, 2.75) is 25.4 Å². The van der Waals surface area contributed by atoms with Crippen molar-refractivity contribution < 1.29 is 19.2 Å². The van der Waals surface area contributed by atoms with Crippen LogP contribution in [0.1, 0.15) is 29.6 Å². The van der Waals surface area contributed by atoms with Gasteiger partial charge in [-0.25, -0.2) is 4.39 Å². The zero-order chi connectivity index (χ0) is 16.4. The predicted octanol–water partition coefficient (Wildman–Crippen LogP) is 1.55. The second-order valence-electron chi connectivity index (χ2n) is 5.59. The highest BCUT2D eigenvalue weighted by molar-refractivity contribution is 6.00. The van der Waals surface area contributed by atoms with E-state index in [0.29, 0.717) is 19.0 Å². The number of hydrogen-bond donors (Lipinski definition) is 2. The second kappa shape index (κ2) is 6.27. The lowest BCUT2D eigenvalue weighted by Gasteiger charge is -2.23. The molecule has 1 amide bonds. The van der Waals surface area contributed by atoms with Crippen LogP contribution in [0.4, 0.5) is 15.8 Å². The van der Waals surface area contributed by atoms with Crippen molar-refractivity contribution in [1.29, 1.82) is 0 Å². The molecule has 0 bridgehead atoms. The maximum Gasteiger partial charge on any atom is 0.295 e. The van der Waals surface area contributed by atoms with Gasteiger partial charge in [0.2, 0.25) is 0 Å². The first-order valence-corrected chi connectivity index (χ1v) is 6.98. The van der Waals surface area contributed by atoms with E-state index in [0.717, 1.165) is 18.9 Å². The average Bonchev–Trinajstić information content (AvgIpc) is 2.85. The fraction of sp³-hybridized carbons (Fsp3) is 0.500. The van der Waals surface area contributed by atoms with E-state index in [9.17, 15) is 24.4 Å². The van der Waals surface area contributed by atoms with E-state index in [1.54, 1.807) is 0 Å². The topological polar surface area (TPSA) is 110 Å². The van der Waals surface area contributed by atoms with Crippen LogP contribution in [0.5, 0.6) is 0 Å². The van der Waals surface area contributed by atoms with Crippen LogP contribution in [0.3, 0.4) is 0 Å². The molecule has 0 aromatic heterocycles. The first-order valence-electron chi connectivity index (χ1n) is 6.98. The maximum absolute atomic E-state index is 13.5. The minimum atomic E-state index is -0.890. The highest BCUT2D eigenvalue weighted by Crippen LogP contribution is 2.29. The van der Waals surface area contributed by atoms with Crippen molar-refractivity contribution in [2.75, 3.05) is 19.3 Å². The molecule has 1 aromatic carbocycles. The van der Waals surface area contributed by atoms with Crippen molar-refractivity contribution in [1.82, 2.24) is 4.90 Å². The largest absolute Gasteiger partial charge is 0.393 e. The summed E-state index contributed by atoms with van der Waals surface area (Å²) >= 11 is 0. The zero-order valence-corrected chi connectivity index (χ0v) is 12.2. The number of amides is 1. The van der Waals surface area contributed by atoms with Gasteiger partial charge in [0.1, 0.15) is 11.5 Å². The van der Waals surface area contributed by atoms with Gasteiger partial charge in [0.05, 0.1) is 22.7 Å². The Labute approximate surface area is 126 Å². The van der Waals surface area contributed by atoms with Crippen LogP contribution in [0, 0.1) is 21.8 Å². The van der Waals surface area contributed by atoms with E-state index in [2.05, 4.69) is 0 Å². The van der Waals surface area contributed by atoms with Crippen LogP contribution in [-0.4, -0.2) is 40.5 Å². The minimum Gasteiger partial charge on any atom is -0.393 e. The Morgan fingerprint density at radius 3 is 2.77 bits per heavy atom. The van der Waals surface area contributed by atoms with Crippen molar-refractivity contribution >= 4 is 17.3 Å². The summed E-state index contributed by atoms with van der Waals surface area (Å²) in [6.45, 7) is 0.295. The Hall–Kier alpha value is -2.22. The normalized spacial score (nSPS) is 20.9. The Morgan fingerprint density at radius 1 is 1.55 bits per heavy atom. The number of hydrogen-bond acceptors (Lipinski definition) is 5. The lowest BCUT2D eigenvalue weighted by Crippen LogP contribution is -2.35. The molecule has 1 saturated carbocycles.